The van der Waals surface area contributed by atoms with Crippen LogP contribution in [0, 0.1) is 11.7 Å². The van der Waals surface area contributed by atoms with Crippen molar-refractivity contribution in [3.63, 3.8) is 0 Å². The molecule has 1 unspecified atom stereocenters. The zero-order valence-corrected chi connectivity index (χ0v) is 11.1. The number of nitrogens with two attached hydrogens (primary N) is 1. The summed E-state index contributed by atoms with van der Waals surface area (Å²) in [5.74, 6) is 0.750. The van der Waals surface area contributed by atoms with Crippen LogP contribution in [0.5, 0.6) is 0 Å². The molecule has 0 bridgehead atoms. The molecule has 18 heavy (non-hydrogen) atoms. The highest BCUT2D eigenvalue weighted by Gasteiger charge is 2.25. The molecule has 0 heterocycles. The summed E-state index contributed by atoms with van der Waals surface area (Å²) in [6.07, 6.45) is 4.87. The molecule has 0 amide bonds. The summed E-state index contributed by atoms with van der Waals surface area (Å²) in [6.45, 7) is 3.76. The van der Waals surface area contributed by atoms with Crippen LogP contribution in [0.25, 0.3) is 0 Å². The molecule has 0 aliphatic heterocycles. The van der Waals surface area contributed by atoms with E-state index < -0.39 is 0 Å². The average molecular weight is 250 g/mol. The van der Waals surface area contributed by atoms with Crippen LogP contribution >= 0.6 is 0 Å². The molecule has 2 nitrogen and oxygen atoms in total. The van der Waals surface area contributed by atoms with E-state index in [2.05, 4.69) is 12.2 Å². The van der Waals surface area contributed by atoms with Gasteiger partial charge in [-0.2, -0.15) is 0 Å². The van der Waals surface area contributed by atoms with E-state index in [0.29, 0.717) is 6.54 Å². The van der Waals surface area contributed by atoms with Crippen LogP contribution < -0.4 is 11.1 Å². The average Bonchev–Trinajstić information content (AvgIpc) is 3.16. The van der Waals surface area contributed by atoms with Gasteiger partial charge in [0.1, 0.15) is 5.82 Å². The minimum atomic E-state index is -0.185. The molecule has 0 radical (unpaired) electrons. The molecule has 1 aliphatic rings. The minimum Gasteiger partial charge on any atom is -0.329 e. The molecule has 1 aromatic carbocycles. The molecular formula is C15H23FN2. The second-order valence-corrected chi connectivity index (χ2v) is 5.73. The van der Waals surface area contributed by atoms with Gasteiger partial charge < -0.3 is 11.1 Å². The SMILES string of the molecule is CC(CN)(Cc1ccc(F)cc1)NCCC1CC1. The molecule has 3 heteroatoms. The van der Waals surface area contributed by atoms with Crippen LogP contribution in [0.2, 0.25) is 0 Å². The lowest BCUT2D eigenvalue weighted by Crippen LogP contribution is -2.50. The number of hydrogen-bond donors (Lipinski definition) is 2. The number of nitrogens with one attached hydrogen (secondary N) is 1. The molecule has 0 spiro atoms. The van der Waals surface area contributed by atoms with Crippen LogP contribution in [-0.4, -0.2) is 18.6 Å². The third-order valence-corrected chi connectivity index (χ3v) is 3.76. The van der Waals surface area contributed by atoms with E-state index in [4.69, 9.17) is 5.73 Å². The lowest BCUT2D eigenvalue weighted by atomic mass is 9.92. The Kier molecular flexibility index (Phi) is 4.36. The van der Waals surface area contributed by atoms with Gasteiger partial charge in [-0.25, -0.2) is 4.39 Å². The van der Waals surface area contributed by atoms with Crippen molar-refractivity contribution in [1.82, 2.24) is 5.32 Å². The van der Waals surface area contributed by atoms with Gasteiger partial charge in [-0.05, 0) is 49.9 Å². The Bertz CT molecular complexity index is 373. The normalized spacial score (nSPS) is 18.6. The Labute approximate surface area is 109 Å². The first-order valence-corrected chi connectivity index (χ1v) is 6.81. The molecule has 1 aromatic rings. The third kappa shape index (κ3) is 4.07. The van der Waals surface area contributed by atoms with Gasteiger partial charge in [-0.1, -0.05) is 25.0 Å². The molecule has 0 aromatic heterocycles. The summed E-state index contributed by atoms with van der Waals surface area (Å²) in [7, 11) is 0. The van der Waals surface area contributed by atoms with Crippen molar-refractivity contribution in [3.05, 3.63) is 35.6 Å². The Morgan fingerprint density at radius 1 is 1.33 bits per heavy atom. The second kappa shape index (κ2) is 5.81. The number of rotatable bonds is 7. The molecule has 3 N–H and O–H groups in total. The van der Waals surface area contributed by atoms with Crippen LogP contribution in [-0.2, 0) is 6.42 Å². The topological polar surface area (TPSA) is 38.0 Å². The van der Waals surface area contributed by atoms with Crippen LogP contribution in [0.1, 0.15) is 31.7 Å². The van der Waals surface area contributed by atoms with Crippen molar-refractivity contribution >= 4 is 0 Å². The highest BCUT2D eigenvalue weighted by atomic mass is 19.1. The molecule has 1 atom stereocenters. The van der Waals surface area contributed by atoms with Crippen molar-refractivity contribution < 1.29 is 4.39 Å². The fourth-order valence-corrected chi connectivity index (χ4v) is 2.24. The number of hydrogen-bond acceptors (Lipinski definition) is 2. The Hall–Kier alpha value is -0.930. The molecule has 1 saturated carbocycles. The lowest BCUT2D eigenvalue weighted by molar-refractivity contribution is 0.355. The smallest absolute Gasteiger partial charge is 0.123 e. The van der Waals surface area contributed by atoms with Gasteiger partial charge in [-0.3, -0.25) is 0 Å². The van der Waals surface area contributed by atoms with Gasteiger partial charge in [-0.15, -0.1) is 0 Å². The standard InChI is InChI=1S/C15H23FN2/c1-15(11-17,18-9-8-12-2-3-12)10-13-4-6-14(16)7-5-13/h4-7,12,18H,2-3,8-11,17H2,1H3. The van der Waals surface area contributed by atoms with E-state index in [-0.39, 0.29) is 11.4 Å². The maximum atomic E-state index is 12.9. The van der Waals surface area contributed by atoms with Crippen molar-refractivity contribution in [2.24, 2.45) is 11.7 Å². The quantitative estimate of drug-likeness (QED) is 0.780. The lowest BCUT2D eigenvalue weighted by Gasteiger charge is -2.30. The van der Waals surface area contributed by atoms with Gasteiger partial charge >= 0.3 is 0 Å². The second-order valence-electron chi connectivity index (χ2n) is 5.73. The summed E-state index contributed by atoms with van der Waals surface area (Å²) in [5.41, 5.74) is 6.92. The highest BCUT2D eigenvalue weighted by molar-refractivity contribution is 5.19. The predicted octanol–water partition coefficient (Wildman–Crippen LogP) is 2.48. The van der Waals surface area contributed by atoms with Gasteiger partial charge in [0.15, 0.2) is 0 Å². The van der Waals surface area contributed by atoms with Crippen LogP contribution in [0.4, 0.5) is 4.39 Å². The monoisotopic (exact) mass is 250 g/mol. The maximum Gasteiger partial charge on any atom is 0.123 e. The van der Waals surface area contributed by atoms with Gasteiger partial charge in [0, 0.05) is 12.1 Å². The molecule has 1 fully saturated rings. The van der Waals surface area contributed by atoms with Crippen molar-refractivity contribution in [1.29, 1.82) is 0 Å². The van der Waals surface area contributed by atoms with Crippen molar-refractivity contribution in [3.8, 4) is 0 Å². The summed E-state index contributed by atoms with van der Waals surface area (Å²) >= 11 is 0. The minimum absolute atomic E-state index is 0.0906. The fraction of sp³-hybridized carbons (Fsp3) is 0.600. The summed E-state index contributed by atoms with van der Waals surface area (Å²) in [5, 5.41) is 3.56. The Balaban J connectivity index is 1.86. The van der Waals surface area contributed by atoms with Crippen LogP contribution in [0.15, 0.2) is 24.3 Å². The molecular weight excluding hydrogens is 227 g/mol. The Morgan fingerprint density at radius 3 is 2.56 bits per heavy atom. The highest BCUT2D eigenvalue weighted by Crippen LogP contribution is 2.31. The molecule has 100 valence electrons. The van der Waals surface area contributed by atoms with E-state index >= 15 is 0 Å². The molecule has 2 rings (SSSR count). The van der Waals surface area contributed by atoms with E-state index in [1.54, 1.807) is 0 Å². The van der Waals surface area contributed by atoms with E-state index in [9.17, 15) is 4.39 Å². The van der Waals surface area contributed by atoms with Crippen molar-refractivity contribution in [2.75, 3.05) is 13.1 Å². The first-order chi connectivity index (χ1) is 8.61. The summed E-state index contributed by atoms with van der Waals surface area (Å²) < 4.78 is 12.9. The van der Waals surface area contributed by atoms with Gasteiger partial charge in [0.2, 0.25) is 0 Å². The first-order valence-electron chi connectivity index (χ1n) is 6.81. The number of halogens is 1. The Morgan fingerprint density at radius 2 is 2.00 bits per heavy atom. The summed E-state index contributed by atoms with van der Waals surface area (Å²) in [6, 6.07) is 6.70. The zero-order chi connectivity index (χ0) is 13.0. The van der Waals surface area contributed by atoms with E-state index in [1.165, 1.54) is 31.4 Å². The van der Waals surface area contributed by atoms with Crippen LogP contribution in [0.3, 0.4) is 0 Å². The predicted molar refractivity (Wildman–Crippen MR) is 72.9 cm³/mol. The summed E-state index contributed by atoms with van der Waals surface area (Å²) in [4.78, 5) is 0. The molecule has 0 saturated heterocycles. The molecule has 1 aliphatic carbocycles. The zero-order valence-electron chi connectivity index (χ0n) is 11.1. The fourth-order valence-electron chi connectivity index (χ4n) is 2.24. The first kappa shape index (κ1) is 13.5. The largest absolute Gasteiger partial charge is 0.329 e. The third-order valence-electron chi connectivity index (χ3n) is 3.76. The number of benzene rings is 1. The maximum absolute atomic E-state index is 12.9. The van der Waals surface area contributed by atoms with Gasteiger partial charge in [0.05, 0.1) is 0 Å². The van der Waals surface area contributed by atoms with Gasteiger partial charge in [0.25, 0.3) is 0 Å². The van der Waals surface area contributed by atoms with E-state index in [0.717, 1.165) is 24.4 Å². The van der Waals surface area contributed by atoms with Crippen molar-refractivity contribution in [2.45, 2.75) is 38.1 Å². The van der Waals surface area contributed by atoms with E-state index in [1.807, 2.05) is 12.1 Å².